The van der Waals surface area contributed by atoms with E-state index in [1.54, 1.807) is 12.5 Å². The van der Waals surface area contributed by atoms with Crippen molar-refractivity contribution in [1.29, 1.82) is 0 Å². The van der Waals surface area contributed by atoms with Crippen molar-refractivity contribution in [3.63, 3.8) is 0 Å². The zero-order valence-corrected chi connectivity index (χ0v) is 10.2. The minimum Gasteiger partial charge on any atom is -0.300 e. The van der Waals surface area contributed by atoms with Crippen LogP contribution in [-0.2, 0) is 15.6 Å². The minimum atomic E-state index is -1.41. The van der Waals surface area contributed by atoms with Crippen LogP contribution in [0, 0.1) is 0 Å². The Morgan fingerprint density at radius 3 is 1.58 bits per heavy atom. The fraction of sp³-hybridized carbons (Fsp3) is 0.833. The van der Waals surface area contributed by atoms with Gasteiger partial charge in [-0.3, -0.25) is 9.00 Å². The van der Waals surface area contributed by atoms with Crippen molar-refractivity contribution in [2.24, 2.45) is 0 Å². The average molecular weight is 254 g/mol. The first-order valence-electron chi connectivity index (χ1n) is 2.96. The van der Waals surface area contributed by atoms with Gasteiger partial charge in [0.1, 0.15) is 5.78 Å². The Hall–Kier alpha value is 0.690. The lowest BCUT2D eigenvalue weighted by atomic mass is 10.3. The van der Waals surface area contributed by atoms with Crippen molar-refractivity contribution in [2.45, 2.75) is 17.1 Å². The van der Waals surface area contributed by atoms with Crippen molar-refractivity contribution < 1.29 is 9.00 Å². The number of hydrogen-bond acceptors (Lipinski definition) is 2. The lowest BCUT2D eigenvalue weighted by Gasteiger charge is -2.05. The monoisotopic (exact) mass is 252 g/mol. The van der Waals surface area contributed by atoms with Gasteiger partial charge in [-0.1, -0.05) is 34.8 Å². The summed E-state index contributed by atoms with van der Waals surface area (Å²) in [6.07, 6.45) is 3.26. The van der Waals surface area contributed by atoms with Crippen molar-refractivity contribution in [1.82, 2.24) is 0 Å². The predicted octanol–water partition coefficient (Wildman–Crippen LogP) is 2.33. The van der Waals surface area contributed by atoms with Crippen molar-refractivity contribution in [3.8, 4) is 0 Å². The van der Waals surface area contributed by atoms with Gasteiger partial charge in [0, 0.05) is 23.3 Å². The average Bonchev–Trinajstić information content (AvgIpc) is 1.52. The molecule has 2 nitrogen and oxygen atoms in total. The van der Waals surface area contributed by atoms with E-state index in [1.807, 2.05) is 0 Å². The Bertz CT molecular complexity index is 161. The van der Waals surface area contributed by atoms with Crippen molar-refractivity contribution in [3.05, 3.63) is 0 Å². The third-order valence-electron chi connectivity index (χ3n) is 0.449. The molecule has 0 radical (unpaired) electrons. The first-order chi connectivity index (χ1) is 5.15. The maximum Gasteiger partial charge on any atom is 0.197 e. The molecule has 0 atom stereocenters. The van der Waals surface area contributed by atoms with E-state index in [4.69, 9.17) is 34.8 Å². The smallest absolute Gasteiger partial charge is 0.197 e. The van der Waals surface area contributed by atoms with Crippen LogP contribution in [0.5, 0.6) is 0 Å². The fourth-order valence-corrected chi connectivity index (χ4v) is 0.847. The molecule has 0 heterocycles. The summed E-state index contributed by atoms with van der Waals surface area (Å²) in [4.78, 5) is 10.2. The van der Waals surface area contributed by atoms with Gasteiger partial charge >= 0.3 is 0 Å². The molecule has 0 saturated heterocycles. The zero-order valence-electron chi connectivity index (χ0n) is 7.07. The molecule has 0 N–H and O–H groups in total. The Balaban J connectivity index is 0. The second kappa shape index (κ2) is 7.13. The summed E-state index contributed by atoms with van der Waals surface area (Å²) in [5.74, 6) is -0.120. The first kappa shape index (κ1) is 15.2. The van der Waals surface area contributed by atoms with E-state index in [0.717, 1.165) is 0 Å². The summed E-state index contributed by atoms with van der Waals surface area (Å²) in [5.41, 5.74) is 0. The number of carbonyl (C=O) groups excluding carboxylic acids is 1. The summed E-state index contributed by atoms with van der Waals surface area (Å²) in [6, 6.07) is 0. The predicted molar refractivity (Wildman–Crippen MR) is 55.6 cm³/mol. The largest absolute Gasteiger partial charge is 0.300 e. The summed E-state index contributed by atoms with van der Waals surface area (Å²) >= 11 is 15.7. The molecule has 0 spiro atoms. The molecule has 0 bridgehead atoms. The van der Waals surface area contributed by atoms with Gasteiger partial charge in [0.2, 0.25) is 0 Å². The quantitative estimate of drug-likeness (QED) is 0.672. The SMILES string of the molecule is CC(=O)CC(Cl)(Cl)Cl.CS(C)=O. The molecule has 0 aliphatic carbocycles. The molecule has 0 aliphatic heterocycles. The normalized spacial score (nSPS) is 10.6. The third-order valence-corrected chi connectivity index (χ3v) is 0.850. The topological polar surface area (TPSA) is 34.1 Å². The van der Waals surface area contributed by atoms with Gasteiger partial charge in [-0.2, -0.15) is 0 Å². The van der Waals surface area contributed by atoms with Crippen LogP contribution in [0.15, 0.2) is 0 Å². The Kier molecular flexibility index (Phi) is 9.01. The number of alkyl halides is 3. The molecule has 74 valence electrons. The lowest BCUT2D eigenvalue weighted by Crippen LogP contribution is -2.07. The van der Waals surface area contributed by atoms with Crippen LogP contribution >= 0.6 is 34.8 Å². The van der Waals surface area contributed by atoms with E-state index in [-0.39, 0.29) is 12.2 Å². The Morgan fingerprint density at radius 1 is 1.33 bits per heavy atom. The molecule has 0 amide bonds. The van der Waals surface area contributed by atoms with E-state index >= 15 is 0 Å². The van der Waals surface area contributed by atoms with E-state index in [0.29, 0.717) is 0 Å². The van der Waals surface area contributed by atoms with Gasteiger partial charge in [-0.25, -0.2) is 0 Å². The van der Waals surface area contributed by atoms with Crippen LogP contribution in [0.3, 0.4) is 0 Å². The van der Waals surface area contributed by atoms with Crippen LogP contribution in [0.2, 0.25) is 0 Å². The van der Waals surface area contributed by atoms with E-state index in [9.17, 15) is 9.00 Å². The highest BCUT2D eigenvalue weighted by Gasteiger charge is 2.21. The number of halogens is 3. The number of rotatable bonds is 1. The van der Waals surface area contributed by atoms with Gasteiger partial charge in [-0.05, 0) is 6.92 Å². The second-order valence-electron chi connectivity index (χ2n) is 2.24. The van der Waals surface area contributed by atoms with Crippen LogP contribution in [0.25, 0.3) is 0 Å². The Labute approximate surface area is 90.0 Å². The molecule has 0 aromatic heterocycles. The van der Waals surface area contributed by atoms with Gasteiger partial charge < -0.3 is 0 Å². The third kappa shape index (κ3) is 31.0. The maximum absolute atomic E-state index is 10.2. The number of Topliss-reactive ketones (excluding diaryl/α,β-unsaturated/α-hetero) is 1. The summed E-state index contributed by atoms with van der Waals surface area (Å²) in [5, 5.41) is 0. The van der Waals surface area contributed by atoms with E-state index in [1.165, 1.54) is 6.92 Å². The number of hydrogen-bond donors (Lipinski definition) is 0. The molecular formula is C6H11Cl3O2S. The molecule has 0 aromatic carbocycles. The summed E-state index contributed by atoms with van der Waals surface area (Å²) < 4.78 is 8.14. The van der Waals surface area contributed by atoms with Gasteiger partial charge in [0.15, 0.2) is 3.79 Å². The van der Waals surface area contributed by atoms with Crippen LogP contribution in [0.1, 0.15) is 13.3 Å². The Morgan fingerprint density at radius 2 is 1.58 bits per heavy atom. The van der Waals surface area contributed by atoms with E-state index < -0.39 is 14.6 Å². The standard InChI is InChI=1S/C4H5Cl3O.C2H6OS/c1-3(8)2-4(5,6)7;1-4(2)3/h2H2,1H3;1-2H3. The highest BCUT2D eigenvalue weighted by atomic mass is 35.6. The van der Waals surface area contributed by atoms with Crippen LogP contribution in [0.4, 0.5) is 0 Å². The van der Waals surface area contributed by atoms with Gasteiger partial charge in [0.05, 0.1) is 6.42 Å². The van der Waals surface area contributed by atoms with Crippen molar-refractivity contribution in [2.75, 3.05) is 12.5 Å². The zero-order chi connectivity index (χ0) is 10.4. The molecular weight excluding hydrogens is 242 g/mol. The van der Waals surface area contributed by atoms with Crippen LogP contribution < -0.4 is 0 Å². The fourth-order valence-electron chi connectivity index (χ4n) is 0.282. The molecule has 12 heavy (non-hydrogen) atoms. The van der Waals surface area contributed by atoms with Gasteiger partial charge in [0.25, 0.3) is 0 Å². The van der Waals surface area contributed by atoms with E-state index in [2.05, 4.69) is 0 Å². The molecule has 0 aromatic rings. The minimum absolute atomic E-state index is 0.0162. The molecule has 6 heteroatoms. The van der Waals surface area contributed by atoms with Crippen molar-refractivity contribution >= 4 is 51.4 Å². The van der Waals surface area contributed by atoms with Gasteiger partial charge in [-0.15, -0.1) is 0 Å². The molecule has 0 fully saturated rings. The number of carbonyl (C=O) groups is 1. The van der Waals surface area contributed by atoms with Crippen LogP contribution in [-0.4, -0.2) is 26.3 Å². The molecule has 0 saturated carbocycles. The highest BCUT2D eigenvalue weighted by molar-refractivity contribution is 7.83. The summed E-state index contributed by atoms with van der Waals surface area (Å²) in [7, 11) is -0.611. The molecule has 0 rings (SSSR count). The highest BCUT2D eigenvalue weighted by Crippen LogP contribution is 2.29. The lowest BCUT2D eigenvalue weighted by molar-refractivity contribution is -0.116. The summed E-state index contributed by atoms with van der Waals surface area (Å²) in [6.45, 7) is 1.38. The molecule has 0 aliphatic rings. The maximum atomic E-state index is 10.2. The molecule has 0 unspecified atom stereocenters. The number of ketones is 1. The second-order valence-corrected chi connectivity index (χ2v) is 6.23. The first-order valence-corrected chi connectivity index (χ1v) is 6.06.